The van der Waals surface area contributed by atoms with Crippen LogP contribution in [0.3, 0.4) is 0 Å². The zero-order valence-electron chi connectivity index (χ0n) is 11.3. The summed E-state index contributed by atoms with van der Waals surface area (Å²) >= 11 is 0. The first-order valence-corrected chi connectivity index (χ1v) is 6.70. The minimum Gasteiger partial charge on any atom is -0.326 e. The molecule has 108 valence electrons. The van der Waals surface area contributed by atoms with E-state index in [0.29, 0.717) is 24.9 Å². The van der Waals surface area contributed by atoms with Gasteiger partial charge in [-0.05, 0) is 30.5 Å². The van der Waals surface area contributed by atoms with Crippen LogP contribution < -0.4 is 16.4 Å². The Morgan fingerprint density at radius 1 is 1.50 bits per heavy atom. The number of carbonyl (C=O) groups excluding carboxylic acids is 2. The molecule has 1 atom stereocenters. The average Bonchev–Trinajstić information content (AvgIpc) is 2.40. The topological polar surface area (TPSA) is 84.2 Å². The van der Waals surface area contributed by atoms with Crippen molar-refractivity contribution in [2.75, 3.05) is 10.6 Å². The Hall–Kier alpha value is -1.95. The van der Waals surface area contributed by atoms with Crippen LogP contribution in [-0.2, 0) is 16.0 Å². The molecule has 2 rings (SSSR count). The summed E-state index contributed by atoms with van der Waals surface area (Å²) in [6.07, 6.45) is 2.16. The molecule has 4 N–H and O–H groups in total. The zero-order valence-corrected chi connectivity index (χ0v) is 11.3. The lowest BCUT2D eigenvalue weighted by Gasteiger charge is -2.19. The van der Waals surface area contributed by atoms with Gasteiger partial charge in [-0.1, -0.05) is 13.3 Å². The Morgan fingerprint density at radius 2 is 2.25 bits per heavy atom. The summed E-state index contributed by atoms with van der Waals surface area (Å²) in [5, 5.41) is 5.14. The molecule has 1 aliphatic heterocycles. The lowest BCUT2D eigenvalue weighted by molar-refractivity contribution is -0.117. The zero-order chi connectivity index (χ0) is 14.7. The number of hydrogen-bond acceptors (Lipinski definition) is 3. The number of rotatable bonds is 4. The van der Waals surface area contributed by atoms with Crippen molar-refractivity contribution in [3.8, 4) is 0 Å². The molecule has 0 aromatic heterocycles. The van der Waals surface area contributed by atoms with E-state index in [9.17, 15) is 14.0 Å². The number of halogens is 1. The van der Waals surface area contributed by atoms with E-state index >= 15 is 0 Å². The number of nitrogens with two attached hydrogens (primary N) is 1. The van der Waals surface area contributed by atoms with Crippen molar-refractivity contribution in [3.05, 3.63) is 23.5 Å². The van der Waals surface area contributed by atoms with Gasteiger partial charge in [0, 0.05) is 12.1 Å². The molecule has 6 heteroatoms. The number of fused-ring (bicyclic) bond motifs is 1. The van der Waals surface area contributed by atoms with Crippen LogP contribution in [0.1, 0.15) is 31.7 Å². The van der Waals surface area contributed by atoms with Gasteiger partial charge in [-0.2, -0.15) is 0 Å². The summed E-state index contributed by atoms with van der Waals surface area (Å²) in [6, 6.07) is 2.12. The Bertz CT molecular complexity index is 545. The van der Waals surface area contributed by atoms with E-state index in [4.69, 9.17) is 5.73 Å². The second-order valence-corrected chi connectivity index (χ2v) is 4.92. The Balaban J connectivity index is 2.18. The second kappa shape index (κ2) is 6.00. The van der Waals surface area contributed by atoms with Gasteiger partial charge in [0.05, 0.1) is 11.7 Å². The normalized spacial score (nSPS) is 15.2. The summed E-state index contributed by atoms with van der Waals surface area (Å²) in [5.41, 5.74) is 7.00. The lowest BCUT2D eigenvalue weighted by atomic mass is 10.0. The molecule has 0 unspecified atom stereocenters. The van der Waals surface area contributed by atoms with E-state index in [-0.39, 0.29) is 11.6 Å². The third-order valence-corrected chi connectivity index (χ3v) is 3.28. The van der Waals surface area contributed by atoms with Gasteiger partial charge in [-0.3, -0.25) is 9.59 Å². The van der Waals surface area contributed by atoms with Crippen LogP contribution >= 0.6 is 0 Å². The Morgan fingerprint density at radius 3 is 2.95 bits per heavy atom. The number of amides is 2. The number of benzene rings is 1. The molecule has 1 aliphatic rings. The van der Waals surface area contributed by atoms with E-state index in [2.05, 4.69) is 10.6 Å². The van der Waals surface area contributed by atoms with E-state index < -0.39 is 17.8 Å². The molecule has 0 fully saturated rings. The number of hydrogen-bond donors (Lipinski definition) is 3. The molecule has 0 bridgehead atoms. The summed E-state index contributed by atoms with van der Waals surface area (Å²) in [4.78, 5) is 23.1. The molecule has 1 aromatic rings. The first-order chi connectivity index (χ1) is 9.51. The van der Waals surface area contributed by atoms with Gasteiger partial charge < -0.3 is 16.4 Å². The molecule has 0 radical (unpaired) electrons. The summed E-state index contributed by atoms with van der Waals surface area (Å²) < 4.78 is 13.9. The van der Waals surface area contributed by atoms with Crippen molar-refractivity contribution < 1.29 is 14.0 Å². The molecular formula is C14H18FN3O2. The SMILES string of the molecule is CCC[C@@H](N)C(=O)Nc1cc2c(cc1F)CCC(=O)N2. The molecule has 0 saturated heterocycles. The first-order valence-electron chi connectivity index (χ1n) is 6.70. The quantitative estimate of drug-likeness (QED) is 0.785. The molecule has 1 heterocycles. The molecule has 1 aromatic carbocycles. The molecule has 0 spiro atoms. The largest absolute Gasteiger partial charge is 0.326 e. The molecule has 20 heavy (non-hydrogen) atoms. The summed E-state index contributed by atoms with van der Waals surface area (Å²) in [5.74, 6) is -1.05. The van der Waals surface area contributed by atoms with Crippen molar-refractivity contribution in [3.63, 3.8) is 0 Å². The number of aryl methyl sites for hydroxylation is 1. The molecule has 5 nitrogen and oxygen atoms in total. The predicted octanol–water partition coefficient (Wildman–Crippen LogP) is 1.78. The Labute approximate surface area is 116 Å². The van der Waals surface area contributed by atoms with E-state index in [0.717, 1.165) is 12.0 Å². The summed E-state index contributed by atoms with van der Waals surface area (Å²) in [7, 11) is 0. The van der Waals surface area contributed by atoms with E-state index in [1.54, 1.807) is 0 Å². The van der Waals surface area contributed by atoms with Crippen LogP contribution in [0.2, 0.25) is 0 Å². The van der Waals surface area contributed by atoms with Crippen LogP contribution in [-0.4, -0.2) is 17.9 Å². The second-order valence-electron chi connectivity index (χ2n) is 4.92. The van der Waals surface area contributed by atoms with Crippen LogP contribution in [0, 0.1) is 5.82 Å². The minimum atomic E-state index is -0.662. The van der Waals surface area contributed by atoms with Gasteiger partial charge in [0.2, 0.25) is 11.8 Å². The lowest BCUT2D eigenvalue weighted by Crippen LogP contribution is -2.35. The smallest absolute Gasteiger partial charge is 0.241 e. The highest BCUT2D eigenvalue weighted by Gasteiger charge is 2.20. The number of nitrogens with one attached hydrogen (secondary N) is 2. The third-order valence-electron chi connectivity index (χ3n) is 3.28. The fourth-order valence-electron chi connectivity index (χ4n) is 2.16. The fraction of sp³-hybridized carbons (Fsp3) is 0.429. The fourth-order valence-corrected chi connectivity index (χ4v) is 2.16. The minimum absolute atomic E-state index is 0.0440. The first kappa shape index (κ1) is 14.5. The summed E-state index contributed by atoms with van der Waals surface area (Å²) in [6.45, 7) is 1.92. The maximum Gasteiger partial charge on any atom is 0.241 e. The monoisotopic (exact) mass is 279 g/mol. The molecular weight excluding hydrogens is 261 g/mol. The van der Waals surface area contributed by atoms with Crippen LogP contribution in [0.25, 0.3) is 0 Å². The average molecular weight is 279 g/mol. The van der Waals surface area contributed by atoms with Gasteiger partial charge in [0.25, 0.3) is 0 Å². The van der Waals surface area contributed by atoms with Crippen molar-refractivity contribution >= 4 is 23.2 Å². The van der Waals surface area contributed by atoms with Gasteiger partial charge in [0.1, 0.15) is 5.82 Å². The highest BCUT2D eigenvalue weighted by atomic mass is 19.1. The van der Waals surface area contributed by atoms with E-state index in [1.165, 1.54) is 12.1 Å². The predicted molar refractivity (Wildman–Crippen MR) is 74.9 cm³/mol. The molecule has 2 amide bonds. The number of carbonyl (C=O) groups is 2. The van der Waals surface area contributed by atoms with Crippen LogP contribution in [0.4, 0.5) is 15.8 Å². The molecule has 0 aliphatic carbocycles. The molecule has 0 saturated carbocycles. The van der Waals surface area contributed by atoms with Gasteiger partial charge >= 0.3 is 0 Å². The number of anilines is 2. The van der Waals surface area contributed by atoms with Crippen LogP contribution in [0.15, 0.2) is 12.1 Å². The van der Waals surface area contributed by atoms with Gasteiger partial charge in [-0.15, -0.1) is 0 Å². The van der Waals surface area contributed by atoms with Crippen molar-refractivity contribution in [2.45, 2.75) is 38.6 Å². The van der Waals surface area contributed by atoms with Crippen molar-refractivity contribution in [1.82, 2.24) is 0 Å². The van der Waals surface area contributed by atoms with E-state index in [1.807, 2.05) is 6.92 Å². The maximum atomic E-state index is 13.9. The maximum absolute atomic E-state index is 13.9. The van der Waals surface area contributed by atoms with Crippen molar-refractivity contribution in [1.29, 1.82) is 0 Å². The van der Waals surface area contributed by atoms with Crippen molar-refractivity contribution in [2.24, 2.45) is 5.73 Å². The van der Waals surface area contributed by atoms with Gasteiger partial charge in [-0.25, -0.2) is 4.39 Å². The highest BCUT2D eigenvalue weighted by Crippen LogP contribution is 2.28. The van der Waals surface area contributed by atoms with Gasteiger partial charge in [0.15, 0.2) is 0 Å². The standard InChI is InChI=1S/C14H18FN3O2/c1-2-3-10(16)14(20)18-12-7-11-8(6-9(12)15)4-5-13(19)17-11/h6-7,10H,2-5,16H2,1H3,(H,17,19)(H,18,20)/t10-/m1/s1. The highest BCUT2D eigenvalue weighted by molar-refractivity contribution is 5.98. The Kier molecular flexibility index (Phi) is 4.34. The third kappa shape index (κ3) is 3.14. The van der Waals surface area contributed by atoms with Crippen LogP contribution in [0.5, 0.6) is 0 Å².